The van der Waals surface area contributed by atoms with E-state index in [1.807, 2.05) is 18.2 Å². The molecule has 0 saturated heterocycles. The third-order valence-corrected chi connectivity index (χ3v) is 7.33. The van der Waals surface area contributed by atoms with Gasteiger partial charge in [-0.05, 0) is 113 Å². The van der Waals surface area contributed by atoms with Crippen molar-refractivity contribution >= 4 is 90.8 Å². The number of carbonyl (C=O) groups excluding carboxylic acids is 1. The smallest absolute Gasteiger partial charge is 0.344 e. The standard InChI is InChI=1S/C28H20ClI2N3O5/c1-15(2)38-25(35)14-37-26-20(30)9-16(10-21(26)31)13-32-34-27(33-22-6-4-3-5-19(22)28(34)36)24-12-17-11-18(29)7-8-23(17)39-24/h3-13,15H,14H2,1-2H3. The molecule has 0 aliphatic heterocycles. The minimum absolute atomic E-state index is 0.193. The quantitative estimate of drug-likeness (QED) is 0.102. The number of carbonyl (C=O) groups is 1. The molecule has 2 aromatic heterocycles. The van der Waals surface area contributed by atoms with E-state index in [2.05, 4.69) is 50.3 Å². The predicted octanol–water partition coefficient (Wildman–Crippen LogP) is 6.88. The molecule has 0 atom stereocenters. The van der Waals surface area contributed by atoms with Crippen molar-refractivity contribution in [3.05, 3.63) is 88.7 Å². The van der Waals surface area contributed by atoms with Gasteiger partial charge in [0.05, 0.1) is 30.4 Å². The van der Waals surface area contributed by atoms with Crippen LogP contribution in [0.2, 0.25) is 5.02 Å². The number of aromatic nitrogens is 2. The van der Waals surface area contributed by atoms with Crippen molar-refractivity contribution < 1.29 is 18.7 Å². The Balaban J connectivity index is 1.53. The molecule has 0 radical (unpaired) electrons. The Hall–Kier alpha value is -2.97. The number of ether oxygens (including phenoxy) is 2. The summed E-state index contributed by atoms with van der Waals surface area (Å²) < 4.78 is 19.6. The van der Waals surface area contributed by atoms with E-state index in [-0.39, 0.29) is 24.1 Å². The molecule has 0 N–H and O–H groups in total. The summed E-state index contributed by atoms with van der Waals surface area (Å²) in [4.78, 5) is 30.1. The summed E-state index contributed by atoms with van der Waals surface area (Å²) in [5.41, 5.74) is 1.54. The molecule has 8 nitrogen and oxygen atoms in total. The van der Waals surface area contributed by atoms with Gasteiger partial charge in [-0.15, -0.1) is 0 Å². The third kappa shape index (κ3) is 6.12. The first-order chi connectivity index (χ1) is 18.7. The van der Waals surface area contributed by atoms with Gasteiger partial charge in [0.25, 0.3) is 5.56 Å². The summed E-state index contributed by atoms with van der Waals surface area (Å²) in [5.74, 6) is 0.773. The number of rotatable bonds is 7. The lowest BCUT2D eigenvalue weighted by atomic mass is 10.2. The van der Waals surface area contributed by atoms with Crippen LogP contribution in [0.1, 0.15) is 19.4 Å². The Morgan fingerprint density at radius 2 is 1.87 bits per heavy atom. The molecule has 0 spiro atoms. The number of esters is 1. The van der Waals surface area contributed by atoms with Gasteiger partial charge < -0.3 is 13.9 Å². The zero-order chi connectivity index (χ0) is 27.7. The fourth-order valence-electron chi connectivity index (χ4n) is 3.86. The SMILES string of the molecule is CC(C)OC(=O)COc1c(I)cc(C=Nn2c(-c3cc4cc(Cl)ccc4o3)nc3ccccc3c2=O)cc1I. The molecule has 2 heterocycles. The van der Waals surface area contributed by atoms with E-state index in [0.717, 1.165) is 18.1 Å². The second-order valence-corrected chi connectivity index (χ2v) is 11.5. The van der Waals surface area contributed by atoms with Crippen molar-refractivity contribution in [2.75, 3.05) is 6.61 Å². The van der Waals surface area contributed by atoms with E-state index in [1.54, 1.807) is 62.5 Å². The maximum absolute atomic E-state index is 13.5. The van der Waals surface area contributed by atoms with Crippen LogP contribution in [0.3, 0.4) is 0 Å². The highest BCUT2D eigenvalue weighted by Crippen LogP contribution is 2.30. The minimum atomic E-state index is -0.439. The number of halogens is 3. The van der Waals surface area contributed by atoms with Crippen LogP contribution in [0.15, 0.2) is 75.0 Å². The average molecular weight is 768 g/mol. The Morgan fingerprint density at radius 3 is 2.62 bits per heavy atom. The lowest BCUT2D eigenvalue weighted by molar-refractivity contribution is -0.149. The van der Waals surface area contributed by atoms with Gasteiger partial charge in [-0.3, -0.25) is 4.79 Å². The molecule has 0 fully saturated rings. The molecule has 198 valence electrons. The summed E-state index contributed by atoms with van der Waals surface area (Å²) in [6, 6.07) is 17.8. The van der Waals surface area contributed by atoms with Gasteiger partial charge in [0.2, 0.25) is 5.82 Å². The summed E-state index contributed by atoms with van der Waals surface area (Å²) in [5, 5.41) is 6.31. The fraction of sp³-hybridized carbons (Fsp3) is 0.143. The number of furan rings is 1. The molecule has 0 unspecified atom stereocenters. The number of para-hydroxylation sites is 1. The first kappa shape index (κ1) is 27.6. The molecular weight excluding hydrogens is 748 g/mol. The number of hydrogen-bond donors (Lipinski definition) is 0. The summed E-state index contributed by atoms with van der Waals surface area (Å²) in [6.07, 6.45) is 1.36. The van der Waals surface area contributed by atoms with Gasteiger partial charge >= 0.3 is 5.97 Å². The molecule has 5 rings (SSSR count). The van der Waals surface area contributed by atoms with E-state index >= 15 is 0 Å². The lowest BCUT2D eigenvalue weighted by Crippen LogP contribution is -2.20. The van der Waals surface area contributed by atoms with Crippen molar-refractivity contribution in [2.24, 2.45) is 5.10 Å². The maximum atomic E-state index is 13.5. The van der Waals surface area contributed by atoms with Crippen LogP contribution in [0.5, 0.6) is 5.75 Å². The molecule has 11 heteroatoms. The van der Waals surface area contributed by atoms with Gasteiger partial charge in [0.15, 0.2) is 12.4 Å². The van der Waals surface area contributed by atoms with Gasteiger partial charge in [-0.1, -0.05) is 23.7 Å². The van der Waals surface area contributed by atoms with Crippen molar-refractivity contribution in [3.63, 3.8) is 0 Å². The van der Waals surface area contributed by atoms with Crippen LogP contribution in [0, 0.1) is 7.14 Å². The molecule has 0 aliphatic rings. The van der Waals surface area contributed by atoms with Crippen molar-refractivity contribution in [1.82, 2.24) is 9.66 Å². The third-order valence-electron chi connectivity index (χ3n) is 5.50. The Kier molecular flexibility index (Phi) is 8.24. The molecule has 0 amide bonds. The first-order valence-electron chi connectivity index (χ1n) is 11.8. The van der Waals surface area contributed by atoms with Crippen molar-refractivity contribution in [1.29, 1.82) is 0 Å². The van der Waals surface area contributed by atoms with Gasteiger partial charge in [-0.2, -0.15) is 9.78 Å². The fourth-order valence-corrected chi connectivity index (χ4v) is 6.17. The highest BCUT2D eigenvalue weighted by Gasteiger charge is 2.17. The van der Waals surface area contributed by atoms with E-state index in [4.69, 9.17) is 30.5 Å². The van der Waals surface area contributed by atoms with Crippen molar-refractivity contribution in [2.45, 2.75) is 20.0 Å². The average Bonchev–Trinajstić information content (AvgIpc) is 3.30. The second kappa shape index (κ2) is 11.6. The highest BCUT2D eigenvalue weighted by molar-refractivity contribution is 14.1. The Morgan fingerprint density at radius 1 is 1.13 bits per heavy atom. The van der Waals surface area contributed by atoms with Crippen LogP contribution in [0.25, 0.3) is 33.5 Å². The molecular formula is C28H20ClI2N3O5. The van der Waals surface area contributed by atoms with Gasteiger partial charge in [0.1, 0.15) is 11.3 Å². The molecule has 0 aliphatic carbocycles. The predicted molar refractivity (Wildman–Crippen MR) is 168 cm³/mol. The highest BCUT2D eigenvalue weighted by atomic mass is 127. The first-order valence-corrected chi connectivity index (χ1v) is 14.3. The monoisotopic (exact) mass is 767 g/mol. The zero-order valence-corrected chi connectivity index (χ0v) is 25.7. The Bertz CT molecular complexity index is 1790. The lowest BCUT2D eigenvalue weighted by Gasteiger charge is -2.12. The Labute approximate surface area is 255 Å². The molecule has 0 saturated carbocycles. The minimum Gasteiger partial charge on any atom is -0.480 e. The largest absolute Gasteiger partial charge is 0.480 e. The molecule has 5 aromatic rings. The number of nitrogens with zero attached hydrogens (tertiary/aromatic N) is 3. The summed E-state index contributed by atoms with van der Waals surface area (Å²) in [6.45, 7) is 3.37. The zero-order valence-electron chi connectivity index (χ0n) is 20.7. The maximum Gasteiger partial charge on any atom is 0.344 e. The number of fused-ring (bicyclic) bond motifs is 2. The van der Waals surface area contributed by atoms with Gasteiger partial charge in [-0.25, -0.2) is 9.78 Å². The molecule has 3 aromatic carbocycles. The second-order valence-electron chi connectivity index (χ2n) is 8.75. The topological polar surface area (TPSA) is 95.9 Å². The van der Waals surface area contributed by atoms with E-state index < -0.39 is 5.97 Å². The van der Waals surface area contributed by atoms with E-state index in [9.17, 15) is 9.59 Å². The van der Waals surface area contributed by atoms with Crippen LogP contribution in [0.4, 0.5) is 0 Å². The van der Waals surface area contributed by atoms with Crippen LogP contribution in [-0.2, 0) is 9.53 Å². The van der Waals surface area contributed by atoms with Crippen LogP contribution < -0.4 is 10.3 Å². The van der Waals surface area contributed by atoms with Crippen LogP contribution >= 0.6 is 56.8 Å². The molecule has 0 bridgehead atoms. The van der Waals surface area contributed by atoms with E-state index in [0.29, 0.717) is 33.0 Å². The van der Waals surface area contributed by atoms with Crippen LogP contribution in [-0.4, -0.2) is 34.6 Å². The van der Waals surface area contributed by atoms with E-state index in [1.165, 1.54) is 4.68 Å². The number of benzene rings is 3. The van der Waals surface area contributed by atoms with Gasteiger partial charge in [0, 0.05) is 10.4 Å². The van der Waals surface area contributed by atoms with Crippen molar-refractivity contribution in [3.8, 4) is 17.3 Å². The molecule has 39 heavy (non-hydrogen) atoms. The number of hydrogen-bond acceptors (Lipinski definition) is 7. The summed E-state index contributed by atoms with van der Waals surface area (Å²) in [7, 11) is 0. The normalized spacial score (nSPS) is 11.6. The summed E-state index contributed by atoms with van der Waals surface area (Å²) >= 11 is 10.4.